The van der Waals surface area contributed by atoms with Crippen LogP contribution < -0.4 is 10.2 Å². The monoisotopic (exact) mass is 551 g/mol. The molecule has 0 aromatic heterocycles. The number of nitrogens with zero attached hydrogens (tertiary/aromatic N) is 2. The second-order valence-electron chi connectivity index (χ2n) is 11.3. The molecular weight excluding hydrogens is 498 g/mol. The van der Waals surface area contributed by atoms with Crippen LogP contribution in [0.4, 0.5) is 11.4 Å². The number of hydrogen-bond acceptors (Lipinski definition) is 6. The van der Waals surface area contributed by atoms with Crippen molar-refractivity contribution in [2.45, 2.75) is 91.2 Å². The Hall–Kier alpha value is -2.57. The number of rotatable bonds is 4. The van der Waals surface area contributed by atoms with Crippen LogP contribution in [0.15, 0.2) is 53.7 Å². The van der Waals surface area contributed by atoms with Crippen molar-refractivity contribution >= 4 is 22.8 Å². The SMILES string of the molecule is C=C1/C=C(/C)N=C(CCC)OCCOCCCNc2ccc(N(C)C3CCCCO3)c(c2)C1=C.CC1CCCC1. The van der Waals surface area contributed by atoms with E-state index in [1.165, 1.54) is 32.1 Å². The van der Waals surface area contributed by atoms with Gasteiger partial charge in [0.15, 0.2) is 5.90 Å². The number of hydrogen-bond donors (Lipinski definition) is 1. The highest BCUT2D eigenvalue weighted by atomic mass is 16.5. The van der Waals surface area contributed by atoms with Crippen LogP contribution in [0.3, 0.4) is 0 Å². The molecule has 0 radical (unpaired) electrons. The zero-order valence-electron chi connectivity index (χ0n) is 25.6. The first-order valence-electron chi connectivity index (χ1n) is 15.5. The zero-order valence-corrected chi connectivity index (χ0v) is 25.6. The second-order valence-corrected chi connectivity index (χ2v) is 11.3. The van der Waals surface area contributed by atoms with Gasteiger partial charge in [0.05, 0.1) is 6.61 Å². The summed E-state index contributed by atoms with van der Waals surface area (Å²) in [4.78, 5) is 6.95. The van der Waals surface area contributed by atoms with Gasteiger partial charge in [-0.3, -0.25) is 0 Å². The molecule has 1 saturated heterocycles. The highest BCUT2D eigenvalue weighted by Crippen LogP contribution is 2.35. The lowest BCUT2D eigenvalue weighted by Crippen LogP contribution is -2.37. The molecule has 3 aliphatic rings. The largest absolute Gasteiger partial charge is 0.478 e. The van der Waals surface area contributed by atoms with Crippen molar-refractivity contribution in [1.82, 2.24) is 0 Å². The van der Waals surface area contributed by atoms with Gasteiger partial charge in [-0.25, -0.2) is 4.99 Å². The molecule has 2 bridgehead atoms. The minimum absolute atomic E-state index is 0.0711. The molecule has 6 heteroatoms. The Bertz CT molecular complexity index is 1000. The Morgan fingerprint density at radius 2 is 1.77 bits per heavy atom. The highest BCUT2D eigenvalue weighted by molar-refractivity contribution is 5.88. The molecule has 0 amide bonds. The molecule has 6 nitrogen and oxygen atoms in total. The van der Waals surface area contributed by atoms with Crippen LogP contribution in [0.5, 0.6) is 0 Å². The van der Waals surface area contributed by atoms with Gasteiger partial charge >= 0.3 is 0 Å². The molecule has 1 aromatic carbocycles. The maximum Gasteiger partial charge on any atom is 0.188 e. The number of fused-ring (bicyclic) bond motifs is 2. The van der Waals surface area contributed by atoms with E-state index >= 15 is 0 Å². The van der Waals surface area contributed by atoms with Crippen molar-refractivity contribution in [1.29, 1.82) is 0 Å². The number of nitrogens with one attached hydrogen (secondary N) is 1. The molecule has 2 heterocycles. The maximum absolute atomic E-state index is 6.06. The normalized spacial score (nSPS) is 22.9. The summed E-state index contributed by atoms with van der Waals surface area (Å²) < 4.78 is 17.7. The van der Waals surface area contributed by atoms with E-state index in [9.17, 15) is 0 Å². The average Bonchev–Trinajstić information content (AvgIpc) is 3.44. The van der Waals surface area contributed by atoms with Gasteiger partial charge in [-0.05, 0) is 80.4 Å². The summed E-state index contributed by atoms with van der Waals surface area (Å²) >= 11 is 0. The third-order valence-electron chi connectivity index (χ3n) is 7.76. The number of aliphatic imine (C=N–C) groups is 1. The minimum atomic E-state index is 0.0711. The molecule has 1 N–H and O–H groups in total. The van der Waals surface area contributed by atoms with Gasteiger partial charge in [-0.2, -0.15) is 0 Å². The van der Waals surface area contributed by atoms with Gasteiger partial charge in [0.25, 0.3) is 0 Å². The van der Waals surface area contributed by atoms with Crippen molar-refractivity contribution in [3.8, 4) is 0 Å². The molecule has 1 unspecified atom stereocenters. The first-order valence-corrected chi connectivity index (χ1v) is 15.5. The van der Waals surface area contributed by atoms with Crippen LogP contribution in [0, 0.1) is 5.92 Å². The molecule has 1 aromatic rings. The fourth-order valence-corrected chi connectivity index (χ4v) is 5.35. The summed E-state index contributed by atoms with van der Waals surface area (Å²) in [7, 11) is 2.10. The smallest absolute Gasteiger partial charge is 0.188 e. The van der Waals surface area contributed by atoms with Crippen LogP contribution in [-0.2, 0) is 14.2 Å². The van der Waals surface area contributed by atoms with Crippen LogP contribution in [0.25, 0.3) is 5.57 Å². The van der Waals surface area contributed by atoms with Crippen LogP contribution in [0.2, 0.25) is 0 Å². The lowest BCUT2D eigenvalue weighted by Gasteiger charge is -2.34. The summed E-state index contributed by atoms with van der Waals surface area (Å²) in [5.74, 6) is 1.78. The third-order valence-corrected chi connectivity index (χ3v) is 7.76. The Labute approximate surface area is 243 Å². The summed E-state index contributed by atoms with van der Waals surface area (Å²) in [5.41, 5.74) is 5.75. The Kier molecular flexibility index (Phi) is 13.8. The van der Waals surface area contributed by atoms with Crippen molar-refractivity contribution in [3.63, 3.8) is 0 Å². The van der Waals surface area contributed by atoms with Crippen LogP contribution in [-0.4, -0.2) is 52.1 Å². The highest BCUT2D eigenvalue weighted by Gasteiger charge is 2.22. The lowest BCUT2D eigenvalue weighted by molar-refractivity contribution is 0.0174. The van der Waals surface area contributed by atoms with Crippen LogP contribution >= 0.6 is 0 Å². The standard InChI is InChI=1S/C28H41N3O3.C6H12/c1-6-10-27-30-22(3)19-21(2)23(4)25-20-24(29-14-9-15-32-17-18-33-27)12-13-26(25)31(5)28-11-7-8-16-34-28;1-6-4-2-3-5-6/h12-13,19-20,28-29H,2,4,6-11,14-18H2,1,3,5H3;6H,2-5H2,1H3/b22-19-,30-27?;. The Morgan fingerprint density at radius 3 is 2.45 bits per heavy atom. The molecule has 2 aliphatic heterocycles. The molecule has 1 aliphatic carbocycles. The maximum atomic E-state index is 6.06. The van der Waals surface area contributed by atoms with E-state index in [0.29, 0.717) is 19.8 Å². The van der Waals surface area contributed by atoms with E-state index in [1.807, 2.05) is 13.0 Å². The quantitative estimate of drug-likeness (QED) is 0.407. The first kappa shape index (κ1) is 32.0. The van der Waals surface area contributed by atoms with E-state index in [2.05, 4.69) is 62.5 Å². The fraction of sp³-hybridized carbons (Fsp3) is 0.618. The lowest BCUT2D eigenvalue weighted by atomic mass is 9.96. The summed E-state index contributed by atoms with van der Waals surface area (Å²) in [6.45, 7) is 18.6. The van der Waals surface area contributed by atoms with Gasteiger partial charge in [-0.15, -0.1) is 0 Å². The number of ether oxygens (including phenoxy) is 3. The number of benzene rings is 1. The number of allylic oxidation sites excluding steroid dienone is 4. The van der Waals surface area contributed by atoms with E-state index in [1.54, 1.807) is 0 Å². The second kappa shape index (κ2) is 17.3. The van der Waals surface area contributed by atoms with Crippen LogP contribution in [0.1, 0.15) is 90.5 Å². The molecule has 0 spiro atoms. The molecule has 4 rings (SSSR count). The van der Waals surface area contributed by atoms with E-state index < -0.39 is 0 Å². The minimum Gasteiger partial charge on any atom is -0.478 e. The van der Waals surface area contributed by atoms with Gasteiger partial charge < -0.3 is 24.4 Å². The van der Waals surface area contributed by atoms with E-state index in [4.69, 9.17) is 19.2 Å². The van der Waals surface area contributed by atoms with Gasteiger partial charge in [0.1, 0.15) is 12.8 Å². The molecule has 222 valence electrons. The zero-order chi connectivity index (χ0) is 28.7. The van der Waals surface area contributed by atoms with Crippen molar-refractivity contribution in [3.05, 3.63) is 54.3 Å². The van der Waals surface area contributed by atoms with Crippen molar-refractivity contribution in [2.75, 3.05) is 50.2 Å². The Balaban J connectivity index is 0.000000649. The van der Waals surface area contributed by atoms with Crippen molar-refractivity contribution in [2.24, 2.45) is 10.9 Å². The number of anilines is 2. The first-order chi connectivity index (χ1) is 19.4. The Morgan fingerprint density at radius 1 is 1.00 bits per heavy atom. The predicted octanol–water partition coefficient (Wildman–Crippen LogP) is 8.37. The summed E-state index contributed by atoms with van der Waals surface area (Å²) in [6.07, 6.45) is 14.0. The van der Waals surface area contributed by atoms with Gasteiger partial charge in [0.2, 0.25) is 0 Å². The molecule has 1 atom stereocenters. The molecular formula is C34H53N3O3. The van der Waals surface area contributed by atoms with Crippen molar-refractivity contribution < 1.29 is 14.2 Å². The van der Waals surface area contributed by atoms with E-state index in [0.717, 1.165) is 90.9 Å². The topological polar surface area (TPSA) is 55.3 Å². The third kappa shape index (κ3) is 10.4. The van der Waals surface area contributed by atoms with E-state index in [-0.39, 0.29) is 6.23 Å². The molecule has 40 heavy (non-hydrogen) atoms. The summed E-state index contributed by atoms with van der Waals surface area (Å²) in [6, 6.07) is 6.44. The predicted molar refractivity (Wildman–Crippen MR) is 170 cm³/mol. The molecule has 2 fully saturated rings. The molecule has 1 saturated carbocycles. The van der Waals surface area contributed by atoms with Gasteiger partial charge in [0, 0.05) is 55.9 Å². The fourth-order valence-electron chi connectivity index (χ4n) is 5.35. The van der Waals surface area contributed by atoms with Gasteiger partial charge in [-0.1, -0.05) is 52.7 Å². The summed E-state index contributed by atoms with van der Waals surface area (Å²) in [5, 5.41) is 3.52. The average molecular weight is 552 g/mol.